The first-order valence-electron chi connectivity index (χ1n) is 4.72. The number of carboxylic acid groups (broad SMARTS) is 1. The van der Waals surface area contributed by atoms with Crippen LogP contribution in [0.25, 0.3) is 0 Å². The minimum atomic E-state index is -0.999. The van der Waals surface area contributed by atoms with E-state index in [1.807, 2.05) is 0 Å². The van der Waals surface area contributed by atoms with Gasteiger partial charge in [-0.3, -0.25) is 4.79 Å². The summed E-state index contributed by atoms with van der Waals surface area (Å²) in [6, 6.07) is 4.89. The predicted molar refractivity (Wildman–Crippen MR) is 53.4 cm³/mol. The van der Waals surface area contributed by atoms with Crippen LogP contribution in [0.1, 0.15) is 28.4 Å². The summed E-state index contributed by atoms with van der Waals surface area (Å²) in [5.41, 5.74) is 0.985. The van der Waals surface area contributed by atoms with E-state index in [2.05, 4.69) is 0 Å². The zero-order chi connectivity index (χ0) is 11.7. The minimum Gasteiger partial charge on any atom is -0.497 e. The van der Waals surface area contributed by atoms with E-state index >= 15 is 0 Å². The Balaban J connectivity index is 2.36. The summed E-state index contributed by atoms with van der Waals surface area (Å²) >= 11 is 0. The Hall–Kier alpha value is -2.04. The molecule has 0 unspecified atom stereocenters. The lowest BCUT2D eigenvalue weighted by molar-refractivity contribution is -0.139. The van der Waals surface area contributed by atoms with Gasteiger partial charge >= 0.3 is 11.9 Å². The molecule has 0 aromatic heterocycles. The summed E-state index contributed by atoms with van der Waals surface area (Å²) in [7, 11) is 1.50. The molecule has 1 N–H and O–H groups in total. The van der Waals surface area contributed by atoms with E-state index < -0.39 is 18.0 Å². The monoisotopic (exact) mass is 222 g/mol. The molecule has 1 aliphatic heterocycles. The molecule has 0 bridgehead atoms. The van der Waals surface area contributed by atoms with Crippen LogP contribution in [0.4, 0.5) is 0 Å². The highest BCUT2D eigenvalue weighted by Gasteiger charge is 2.32. The molecule has 1 aliphatic rings. The number of esters is 1. The lowest BCUT2D eigenvalue weighted by Gasteiger charge is -2.07. The molecule has 0 saturated carbocycles. The van der Waals surface area contributed by atoms with Crippen LogP contribution < -0.4 is 4.74 Å². The van der Waals surface area contributed by atoms with E-state index in [9.17, 15) is 9.59 Å². The molecule has 0 aliphatic carbocycles. The minimum absolute atomic E-state index is 0.217. The van der Waals surface area contributed by atoms with Crippen molar-refractivity contribution >= 4 is 11.9 Å². The van der Waals surface area contributed by atoms with E-state index in [1.54, 1.807) is 18.2 Å². The van der Waals surface area contributed by atoms with Gasteiger partial charge in [0.05, 0.1) is 19.1 Å². The van der Waals surface area contributed by atoms with Crippen molar-refractivity contribution < 1.29 is 24.2 Å². The number of methoxy groups -OCH3 is 1. The number of carbonyl (C=O) groups excluding carboxylic acids is 1. The quantitative estimate of drug-likeness (QED) is 0.782. The van der Waals surface area contributed by atoms with Gasteiger partial charge in [0.2, 0.25) is 0 Å². The average Bonchev–Trinajstić information content (AvgIpc) is 2.54. The molecule has 0 radical (unpaired) electrons. The Morgan fingerprint density at radius 2 is 2.31 bits per heavy atom. The molecule has 1 aromatic rings. The van der Waals surface area contributed by atoms with Gasteiger partial charge < -0.3 is 14.6 Å². The Morgan fingerprint density at radius 3 is 2.94 bits per heavy atom. The fraction of sp³-hybridized carbons (Fsp3) is 0.273. The second kappa shape index (κ2) is 3.84. The fourth-order valence-electron chi connectivity index (χ4n) is 1.69. The van der Waals surface area contributed by atoms with E-state index in [1.165, 1.54) is 7.11 Å². The van der Waals surface area contributed by atoms with Crippen LogP contribution in [0.3, 0.4) is 0 Å². The zero-order valence-corrected chi connectivity index (χ0v) is 8.60. The van der Waals surface area contributed by atoms with Crippen LogP contribution in [0.15, 0.2) is 18.2 Å². The third kappa shape index (κ3) is 1.71. The number of cyclic esters (lactones) is 1. The molecule has 1 aromatic carbocycles. The number of hydrogen-bond acceptors (Lipinski definition) is 4. The van der Waals surface area contributed by atoms with Crippen molar-refractivity contribution in [2.45, 2.75) is 12.5 Å². The van der Waals surface area contributed by atoms with Gasteiger partial charge in [0, 0.05) is 5.56 Å². The van der Waals surface area contributed by atoms with Crippen molar-refractivity contribution in [3.05, 3.63) is 29.3 Å². The lowest BCUT2D eigenvalue weighted by atomic mass is 10.0. The molecular weight excluding hydrogens is 212 g/mol. The highest BCUT2D eigenvalue weighted by Crippen LogP contribution is 2.34. The second-order valence-corrected chi connectivity index (χ2v) is 3.44. The molecule has 1 heterocycles. The molecular formula is C11H10O5. The second-order valence-electron chi connectivity index (χ2n) is 3.44. The number of ether oxygens (including phenoxy) is 2. The summed E-state index contributed by atoms with van der Waals surface area (Å²) in [6.07, 6.45) is -0.906. The first-order chi connectivity index (χ1) is 7.61. The van der Waals surface area contributed by atoms with Crippen LogP contribution in [0, 0.1) is 0 Å². The molecule has 16 heavy (non-hydrogen) atoms. The molecule has 0 fully saturated rings. The maximum absolute atomic E-state index is 11.5. The molecule has 0 spiro atoms. The first-order valence-corrected chi connectivity index (χ1v) is 4.72. The normalized spacial score (nSPS) is 17.8. The van der Waals surface area contributed by atoms with Crippen molar-refractivity contribution in [3.63, 3.8) is 0 Å². The largest absolute Gasteiger partial charge is 0.497 e. The van der Waals surface area contributed by atoms with E-state index in [0.29, 0.717) is 16.9 Å². The van der Waals surface area contributed by atoms with Gasteiger partial charge in [0.15, 0.2) is 0 Å². The van der Waals surface area contributed by atoms with Gasteiger partial charge in [0.1, 0.15) is 11.9 Å². The zero-order valence-electron chi connectivity index (χ0n) is 8.60. The van der Waals surface area contributed by atoms with E-state index in [-0.39, 0.29) is 6.42 Å². The highest BCUT2D eigenvalue weighted by atomic mass is 16.5. The smallest absolute Gasteiger partial charge is 0.339 e. The standard InChI is InChI=1S/C11H10O5/c1-15-6-2-3-7-8(4-6)11(14)16-9(7)5-10(12)13/h2-4,9H,5H2,1H3,(H,12,13)/t9-/m1/s1. The number of carboxylic acids is 1. The summed E-state index contributed by atoms with van der Waals surface area (Å²) in [6.45, 7) is 0. The first kappa shape index (κ1) is 10.5. The maximum atomic E-state index is 11.5. The Morgan fingerprint density at radius 1 is 1.56 bits per heavy atom. The number of benzene rings is 1. The molecule has 2 rings (SSSR count). The third-order valence-corrected chi connectivity index (χ3v) is 2.44. The number of carbonyl (C=O) groups is 2. The van der Waals surface area contributed by atoms with Crippen LogP contribution in [-0.4, -0.2) is 24.2 Å². The van der Waals surface area contributed by atoms with E-state index in [0.717, 1.165) is 0 Å². The van der Waals surface area contributed by atoms with Gasteiger partial charge in [-0.25, -0.2) is 4.79 Å². The van der Waals surface area contributed by atoms with Crippen molar-refractivity contribution in [1.29, 1.82) is 0 Å². The number of aliphatic carboxylic acids is 1. The Labute approximate surface area is 91.6 Å². The average molecular weight is 222 g/mol. The summed E-state index contributed by atoms with van der Waals surface area (Å²) in [5, 5.41) is 8.67. The van der Waals surface area contributed by atoms with Crippen molar-refractivity contribution in [2.75, 3.05) is 7.11 Å². The Kier molecular flexibility index (Phi) is 2.52. The van der Waals surface area contributed by atoms with Gasteiger partial charge in [-0.15, -0.1) is 0 Å². The lowest BCUT2D eigenvalue weighted by Crippen LogP contribution is -2.05. The van der Waals surface area contributed by atoms with Crippen LogP contribution in [0.2, 0.25) is 0 Å². The maximum Gasteiger partial charge on any atom is 0.339 e. The van der Waals surface area contributed by atoms with Crippen LogP contribution in [-0.2, 0) is 9.53 Å². The predicted octanol–water partition coefficient (Wildman–Crippen LogP) is 1.38. The molecule has 5 heteroatoms. The Bertz CT molecular complexity index is 452. The van der Waals surface area contributed by atoms with Crippen LogP contribution in [0.5, 0.6) is 5.75 Å². The van der Waals surface area contributed by atoms with Crippen molar-refractivity contribution in [2.24, 2.45) is 0 Å². The van der Waals surface area contributed by atoms with Gasteiger partial charge in [-0.2, -0.15) is 0 Å². The highest BCUT2D eigenvalue weighted by molar-refractivity contribution is 5.95. The summed E-state index contributed by atoms with van der Waals surface area (Å²) in [4.78, 5) is 22.0. The summed E-state index contributed by atoms with van der Waals surface area (Å²) in [5.74, 6) is -0.951. The van der Waals surface area contributed by atoms with Crippen molar-refractivity contribution in [3.8, 4) is 5.75 Å². The topological polar surface area (TPSA) is 72.8 Å². The molecule has 0 amide bonds. The molecule has 5 nitrogen and oxygen atoms in total. The molecule has 84 valence electrons. The third-order valence-electron chi connectivity index (χ3n) is 2.44. The van der Waals surface area contributed by atoms with Gasteiger partial charge in [-0.05, 0) is 12.1 Å². The number of fused-ring (bicyclic) bond motifs is 1. The van der Waals surface area contributed by atoms with E-state index in [4.69, 9.17) is 14.6 Å². The molecule has 1 atom stereocenters. The fourth-order valence-corrected chi connectivity index (χ4v) is 1.69. The summed E-state index contributed by atoms with van der Waals surface area (Å²) < 4.78 is 9.95. The van der Waals surface area contributed by atoms with Crippen molar-refractivity contribution in [1.82, 2.24) is 0 Å². The number of hydrogen-bond donors (Lipinski definition) is 1. The number of rotatable bonds is 3. The van der Waals surface area contributed by atoms with Gasteiger partial charge in [-0.1, -0.05) is 6.07 Å². The van der Waals surface area contributed by atoms with Crippen LogP contribution >= 0.6 is 0 Å². The van der Waals surface area contributed by atoms with Gasteiger partial charge in [0.25, 0.3) is 0 Å². The SMILES string of the molecule is COc1ccc2c(c1)C(=O)O[C@@H]2CC(=O)O. The molecule has 0 saturated heterocycles.